The number of benzene rings is 1. The highest BCUT2D eigenvalue weighted by Gasteiger charge is 2.27. The molecule has 130 valence electrons. The van der Waals surface area contributed by atoms with Crippen LogP contribution < -0.4 is 10.7 Å². The highest BCUT2D eigenvalue weighted by molar-refractivity contribution is 5.92. The average molecular weight is 347 g/mol. The fraction of sp³-hybridized carbons (Fsp3) is 0.250. The molecule has 0 atom stereocenters. The van der Waals surface area contributed by atoms with E-state index < -0.39 is 11.4 Å². The molecule has 0 unspecified atom stereocenters. The largest absolute Gasteiger partial charge is 0.477 e. The van der Waals surface area contributed by atoms with Gasteiger partial charge in [0.15, 0.2) is 0 Å². The maximum absolute atomic E-state index is 12.5. The van der Waals surface area contributed by atoms with E-state index >= 15 is 0 Å². The van der Waals surface area contributed by atoms with Crippen molar-refractivity contribution in [3.05, 3.63) is 63.4 Å². The Morgan fingerprint density at radius 2 is 1.96 bits per heavy atom. The van der Waals surface area contributed by atoms with Crippen molar-refractivity contribution in [2.45, 2.75) is 32.0 Å². The van der Waals surface area contributed by atoms with Crippen molar-refractivity contribution < 1.29 is 9.90 Å². The zero-order valence-corrected chi connectivity index (χ0v) is 14.0. The number of hydrogen-bond donors (Lipinski definition) is 2. The number of rotatable bonds is 3. The molecule has 2 N–H and O–H groups in total. The van der Waals surface area contributed by atoms with Crippen LogP contribution in [0, 0.1) is 0 Å². The van der Waals surface area contributed by atoms with E-state index in [1.54, 1.807) is 12.1 Å². The number of aromatic carboxylic acids is 1. The van der Waals surface area contributed by atoms with E-state index in [9.17, 15) is 14.7 Å². The number of carbonyl (C=O) groups is 1. The molecule has 2 aromatic heterocycles. The van der Waals surface area contributed by atoms with Gasteiger partial charge in [-0.2, -0.15) is 0 Å². The Hall–Kier alpha value is -2.99. The summed E-state index contributed by atoms with van der Waals surface area (Å²) in [5, 5.41) is 13.0. The van der Waals surface area contributed by atoms with Crippen molar-refractivity contribution in [2.24, 2.45) is 0 Å². The molecule has 1 aromatic carbocycles. The van der Waals surface area contributed by atoms with Crippen LogP contribution in [0.4, 0.5) is 0 Å². The molecule has 1 fully saturated rings. The van der Waals surface area contributed by atoms with Crippen LogP contribution >= 0.6 is 0 Å². The Labute approximate surface area is 149 Å². The standard InChI is InChI=1S/C20H17N3O3/c24-18-15-5-6-17(11-1-2-12-8-21-9-13(12)7-11)22-19(15)23(14-3-4-14)10-16(18)20(25)26/h1-2,5-7,10,14,21H,3-4,8-9H2,(H,25,26). The van der Waals surface area contributed by atoms with Crippen LogP contribution in [-0.4, -0.2) is 20.6 Å². The number of carboxylic acids is 1. The molecule has 0 saturated heterocycles. The molecule has 6 heteroatoms. The van der Waals surface area contributed by atoms with Gasteiger partial charge in [0.1, 0.15) is 11.2 Å². The van der Waals surface area contributed by atoms with Gasteiger partial charge in [-0.05, 0) is 42.2 Å². The van der Waals surface area contributed by atoms with Gasteiger partial charge >= 0.3 is 5.97 Å². The maximum atomic E-state index is 12.5. The fourth-order valence-electron chi connectivity index (χ4n) is 3.62. The van der Waals surface area contributed by atoms with Crippen molar-refractivity contribution in [2.75, 3.05) is 0 Å². The molecule has 0 amide bonds. The zero-order valence-electron chi connectivity index (χ0n) is 14.0. The smallest absolute Gasteiger partial charge is 0.341 e. The molecule has 1 aliphatic heterocycles. The second kappa shape index (κ2) is 5.51. The van der Waals surface area contributed by atoms with Crippen molar-refractivity contribution >= 4 is 17.0 Å². The summed E-state index contributed by atoms with van der Waals surface area (Å²) < 4.78 is 1.86. The molecule has 0 spiro atoms. The van der Waals surface area contributed by atoms with Crippen LogP contribution in [-0.2, 0) is 13.1 Å². The molecule has 1 aliphatic carbocycles. The minimum absolute atomic E-state index is 0.192. The summed E-state index contributed by atoms with van der Waals surface area (Å²) >= 11 is 0. The summed E-state index contributed by atoms with van der Waals surface area (Å²) in [5.41, 5.74) is 4.28. The molecule has 26 heavy (non-hydrogen) atoms. The number of nitrogens with zero attached hydrogens (tertiary/aromatic N) is 2. The van der Waals surface area contributed by atoms with Crippen molar-refractivity contribution in [1.82, 2.24) is 14.9 Å². The summed E-state index contributed by atoms with van der Waals surface area (Å²) in [6.07, 6.45) is 3.41. The zero-order chi connectivity index (χ0) is 17.8. The maximum Gasteiger partial charge on any atom is 0.341 e. The van der Waals surface area contributed by atoms with Gasteiger partial charge < -0.3 is 15.0 Å². The van der Waals surface area contributed by atoms with E-state index in [0.29, 0.717) is 11.0 Å². The number of carboxylic acid groups (broad SMARTS) is 1. The van der Waals surface area contributed by atoms with Gasteiger partial charge in [0, 0.05) is 30.9 Å². The van der Waals surface area contributed by atoms with Gasteiger partial charge in [0.05, 0.1) is 11.1 Å². The first kappa shape index (κ1) is 15.3. The predicted molar refractivity (Wildman–Crippen MR) is 97.2 cm³/mol. The lowest BCUT2D eigenvalue weighted by atomic mass is 10.0. The van der Waals surface area contributed by atoms with E-state index in [0.717, 1.165) is 37.2 Å². The van der Waals surface area contributed by atoms with Crippen LogP contribution in [0.2, 0.25) is 0 Å². The summed E-state index contributed by atoms with van der Waals surface area (Å²) in [4.78, 5) is 28.7. The molecule has 5 rings (SSSR count). The Balaban J connectivity index is 1.72. The van der Waals surface area contributed by atoms with Crippen molar-refractivity contribution in [1.29, 1.82) is 0 Å². The van der Waals surface area contributed by atoms with Gasteiger partial charge in [-0.15, -0.1) is 0 Å². The summed E-state index contributed by atoms with van der Waals surface area (Å²) in [7, 11) is 0. The van der Waals surface area contributed by atoms with E-state index in [1.807, 2.05) is 10.6 Å². The number of aromatic nitrogens is 2. The Morgan fingerprint density at radius 1 is 1.15 bits per heavy atom. The molecule has 6 nitrogen and oxygen atoms in total. The quantitative estimate of drug-likeness (QED) is 0.761. The van der Waals surface area contributed by atoms with Gasteiger partial charge in [-0.25, -0.2) is 9.78 Å². The number of nitrogens with one attached hydrogen (secondary N) is 1. The first-order valence-corrected chi connectivity index (χ1v) is 8.74. The number of hydrogen-bond acceptors (Lipinski definition) is 4. The van der Waals surface area contributed by atoms with E-state index in [1.165, 1.54) is 17.3 Å². The molecule has 3 aromatic rings. The highest BCUT2D eigenvalue weighted by Crippen LogP contribution is 2.37. The Kier molecular flexibility index (Phi) is 3.24. The lowest BCUT2D eigenvalue weighted by molar-refractivity contribution is 0.0695. The second-order valence-corrected chi connectivity index (χ2v) is 6.97. The normalized spacial score (nSPS) is 16.0. The molecule has 3 heterocycles. The van der Waals surface area contributed by atoms with Crippen LogP contribution in [0.25, 0.3) is 22.3 Å². The van der Waals surface area contributed by atoms with Crippen LogP contribution in [0.1, 0.15) is 40.4 Å². The minimum Gasteiger partial charge on any atom is -0.477 e. The van der Waals surface area contributed by atoms with Gasteiger partial charge in [-0.1, -0.05) is 12.1 Å². The SMILES string of the molecule is O=C(O)c1cn(C2CC2)c2nc(-c3ccc4c(c3)CNC4)ccc2c1=O. The van der Waals surface area contributed by atoms with E-state index in [2.05, 4.69) is 17.4 Å². The average Bonchev–Trinajstić information content (AvgIpc) is 3.37. The molecule has 0 bridgehead atoms. The van der Waals surface area contributed by atoms with Crippen LogP contribution in [0.15, 0.2) is 41.3 Å². The highest BCUT2D eigenvalue weighted by atomic mass is 16.4. The lowest BCUT2D eigenvalue weighted by Crippen LogP contribution is -2.19. The van der Waals surface area contributed by atoms with Crippen LogP contribution in [0.5, 0.6) is 0 Å². The summed E-state index contributed by atoms with van der Waals surface area (Å²) in [5.74, 6) is -1.19. The molecule has 2 aliphatic rings. The molecule has 1 saturated carbocycles. The molecular weight excluding hydrogens is 330 g/mol. The van der Waals surface area contributed by atoms with E-state index in [4.69, 9.17) is 4.98 Å². The fourth-order valence-corrected chi connectivity index (χ4v) is 3.62. The first-order chi connectivity index (χ1) is 12.6. The van der Waals surface area contributed by atoms with E-state index in [-0.39, 0.29) is 11.6 Å². The molecular formula is C20H17N3O3. The second-order valence-electron chi connectivity index (χ2n) is 6.97. The predicted octanol–water partition coefficient (Wildman–Crippen LogP) is 2.70. The summed E-state index contributed by atoms with van der Waals surface area (Å²) in [6, 6.07) is 10.0. The third-order valence-corrected chi connectivity index (χ3v) is 5.18. The van der Waals surface area contributed by atoms with Crippen molar-refractivity contribution in [3.63, 3.8) is 0 Å². The lowest BCUT2D eigenvalue weighted by Gasteiger charge is -2.12. The van der Waals surface area contributed by atoms with Crippen LogP contribution in [0.3, 0.4) is 0 Å². The number of pyridine rings is 2. The van der Waals surface area contributed by atoms with Gasteiger partial charge in [-0.3, -0.25) is 4.79 Å². The Bertz CT molecular complexity index is 1130. The van der Waals surface area contributed by atoms with Crippen molar-refractivity contribution in [3.8, 4) is 11.3 Å². The Morgan fingerprint density at radius 3 is 2.73 bits per heavy atom. The minimum atomic E-state index is -1.19. The van der Waals surface area contributed by atoms with Gasteiger partial charge in [0.2, 0.25) is 5.43 Å². The topological polar surface area (TPSA) is 84.2 Å². The van der Waals surface area contributed by atoms with Gasteiger partial charge in [0.25, 0.3) is 0 Å². The summed E-state index contributed by atoms with van der Waals surface area (Å²) in [6.45, 7) is 1.74. The third kappa shape index (κ3) is 2.34. The monoisotopic (exact) mass is 347 g/mol. The third-order valence-electron chi connectivity index (χ3n) is 5.18. The molecule has 0 radical (unpaired) electrons. The first-order valence-electron chi connectivity index (χ1n) is 8.74. The number of fused-ring (bicyclic) bond motifs is 2.